The van der Waals surface area contributed by atoms with Crippen LogP contribution in [0.4, 0.5) is 5.69 Å². The zero-order chi connectivity index (χ0) is 14.8. The van der Waals surface area contributed by atoms with Crippen molar-refractivity contribution in [1.82, 2.24) is 4.90 Å². The molecule has 21 heavy (non-hydrogen) atoms. The number of nitrogen functional groups attached to an aromatic ring is 1. The molecule has 2 N–H and O–H groups in total. The van der Waals surface area contributed by atoms with Crippen LogP contribution in [0.25, 0.3) is 5.57 Å². The van der Waals surface area contributed by atoms with Gasteiger partial charge in [0.1, 0.15) is 0 Å². The van der Waals surface area contributed by atoms with Crippen molar-refractivity contribution in [3.05, 3.63) is 71.8 Å². The number of nitrogens with zero attached hydrogens (tertiary/aromatic N) is 1. The molecular formula is C17H14N2O2. The van der Waals surface area contributed by atoms with Crippen LogP contribution < -0.4 is 5.73 Å². The molecular weight excluding hydrogens is 264 g/mol. The Morgan fingerprint density at radius 2 is 1.57 bits per heavy atom. The predicted molar refractivity (Wildman–Crippen MR) is 80.8 cm³/mol. The number of anilines is 1. The van der Waals surface area contributed by atoms with Crippen LogP contribution in [0.5, 0.6) is 0 Å². The molecule has 104 valence electrons. The van der Waals surface area contributed by atoms with E-state index in [9.17, 15) is 9.59 Å². The number of hydrogen-bond donors (Lipinski definition) is 1. The first kappa shape index (κ1) is 13.1. The molecule has 0 saturated heterocycles. The Bertz CT molecular complexity index is 718. The van der Waals surface area contributed by atoms with E-state index in [0.29, 0.717) is 11.3 Å². The highest BCUT2D eigenvalue weighted by Gasteiger charge is 2.31. The van der Waals surface area contributed by atoms with Gasteiger partial charge in [-0.15, -0.1) is 0 Å². The SMILES string of the molecule is Nc1ccc(CN2C(=O)C=C(c3ccccc3)C2=O)cc1. The lowest BCUT2D eigenvalue weighted by atomic mass is 10.1. The molecule has 2 aromatic carbocycles. The Kier molecular flexibility index (Phi) is 3.28. The predicted octanol–water partition coefficient (Wildman–Crippen LogP) is 2.22. The van der Waals surface area contributed by atoms with Gasteiger partial charge in [-0.05, 0) is 23.3 Å². The van der Waals surface area contributed by atoms with Crippen LogP contribution in [0, 0.1) is 0 Å². The molecule has 0 aliphatic carbocycles. The molecule has 0 fully saturated rings. The number of nitrogens with two attached hydrogens (primary N) is 1. The monoisotopic (exact) mass is 278 g/mol. The van der Waals surface area contributed by atoms with Gasteiger partial charge in [-0.1, -0.05) is 42.5 Å². The third-order valence-corrected chi connectivity index (χ3v) is 3.41. The van der Waals surface area contributed by atoms with E-state index in [1.165, 1.54) is 11.0 Å². The minimum Gasteiger partial charge on any atom is -0.399 e. The quantitative estimate of drug-likeness (QED) is 0.691. The van der Waals surface area contributed by atoms with Gasteiger partial charge in [0.05, 0.1) is 12.1 Å². The largest absolute Gasteiger partial charge is 0.399 e. The van der Waals surface area contributed by atoms with E-state index in [0.717, 1.165) is 11.1 Å². The van der Waals surface area contributed by atoms with Crippen molar-refractivity contribution in [3.63, 3.8) is 0 Å². The number of amides is 2. The fourth-order valence-electron chi connectivity index (χ4n) is 2.29. The van der Waals surface area contributed by atoms with E-state index in [-0.39, 0.29) is 18.4 Å². The van der Waals surface area contributed by atoms with Gasteiger partial charge >= 0.3 is 0 Å². The minimum absolute atomic E-state index is 0.255. The highest BCUT2D eigenvalue weighted by molar-refractivity contribution is 6.33. The van der Waals surface area contributed by atoms with E-state index < -0.39 is 0 Å². The summed E-state index contributed by atoms with van der Waals surface area (Å²) in [6, 6.07) is 16.3. The van der Waals surface area contributed by atoms with E-state index in [1.807, 2.05) is 42.5 Å². The number of carbonyl (C=O) groups excluding carboxylic acids is 2. The van der Waals surface area contributed by atoms with Crippen molar-refractivity contribution in [2.24, 2.45) is 0 Å². The summed E-state index contributed by atoms with van der Waals surface area (Å²) in [6.07, 6.45) is 1.40. The topological polar surface area (TPSA) is 63.4 Å². The van der Waals surface area contributed by atoms with Crippen molar-refractivity contribution in [1.29, 1.82) is 0 Å². The normalized spacial score (nSPS) is 14.5. The third-order valence-electron chi connectivity index (χ3n) is 3.41. The van der Waals surface area contributed by atoms with Gasteiger partial charge in [0.25, 0.3) is 11.8 Å². The van der Waals surface area contributed by atoms with Crippen LogP contribution in [-0.4, -0.2) is 16.7 Å². The average molecular weight is 278 g/mol. The number of benzene rings is 2. The summed E-state index contributed by atoms with van der Waals surface area (Å²) < 4.78 is 0. The lowest BCUT2D eigenvalue weighted by Crippen LogP contribution is -2.30. The standard InChI is InChI=1S/C17H14N2O2/c18-14-8-6-12(7-9-14)11-19-16(20)10-15(17(19)21)13-4-2-1-3-5-13/h1-10H,11,18H2. The second-order valence-electron chi connectivity index (χ2n) is 4.90. The highest BCUT2D eigenvalue weighted by Crippen LogP contribution is 2.24. The molecule has 1 aliphatic rings. The maximum Gasteiger partial charge on any atom is 0.261 e. The van der Waals surface area contributed by atoms with Crippen molar-refractivity contribution in [2.75, 3.05) is 5.73 Å². The second kappa shape index (κ2) is 5.25. The second-order valence-corrected chi connectivity index (χ2v) is 4.90. The summed E-state index contributed by atoms with van der Waals surface area (Å²) in [7, 11) is 0. The van der Waals surface area contributed by atoms with Gasteiger partial charge in [-0.2, -0.15) is 0 Å². The molecule has 2 aromatic rings. The Morgan fingerprint density at radius 3 is 2.24 bits per heavy atom. The first-order valence-electron chi connectivity index (χ1n) is 6.62. The summed E-state index contributed by atoms with van der Waals surface area (Å²) in [6.45, 7) is 0.255. The fourth-order valence-corrected chi connectivity index (χ4v) is 2.29. The Hall–Kier alpha value is -2.88. The first-order valence-corrected chi connectivity index (χ1v) is 6.62. The Labute approximate surface area is 122 Å². The number of imide groups is 1. The van der Waals surface area contributed by atoms with Gasteiger partial charge in [0.2, 0.25) is 0 Å². The summed E-state index contributed by atoms with van der Waals surface area (Å²) in [5.74, 6) is -0.543. The maximum atomic E-state index is 12.4. The molecule has 2 amide bonds. The van der Waals surface area contributed by atoms with Crippen LogP contribution in [0.1, 0.15) is 11.1 Å². The van der Waals surface area contributed by atoms with Crippen LogP contribution in [0.2, 0.25) is 0 Å². The molecule has 0 radical (unpaired) electrons. The van der Waals surface area contributed by atoms with Crippen LogP contribution >= 0.6 is 0 Å². The van der Waals surface area contributed by atoms with Gasteiger partial charge in [-0.25, -0.2) is 0 Å². The van der Waals surface area contributed by atoms with Crippen molar-refractivity contribution in [2.45, 2.75) is 6.54 Å². The molecule has 1 heterocycles. The summed E-state index contributed by atoms with van der Waals surface area (Å²) >= 11 is 0. The molecule has 0 saturated carbocycles. The van der Waals surface area contributed by atoms with Gasteiger partial charge < -0.3 is 5.73 Å². The lowest BCUT2D eigenvalue weighted by molar-refractivity contribution is -0.137. The zero-order valence-electron chi connectivity index (χ0n) is 11.3. The zero-order valence-corrected chi connectivity index (χ0v) is 11.3. The fraction of sp³-hybridized carbons (Fsp3) is 0.0588. The Balaban J connectivity index is 1.82. The summed E-state index contributed by atoms with van der Waals surface area (Å²) in [4.78, 5) is 25.7. The highest BCUT2D eigenvalue weighted by atomic mass is 16.2. The summed E-state index contributed by atoms with van der Waals surface area (Å²) in [5.41, 5.74) is 8.35. The van der Waals surface area contributed by atoms with Crippen LogP contribution in [0.15, 0.2) is 60.7 Å². The van der Waals surface area contributed by atoms with E-state index >= 15 is 0 Å². The van der Waals surface area contributed by atoms with E-state index in [4.69, 9.17) is 5.73 Å². The number of hydrogen-bond acceptors (Lipinski definition) is 3. The summed E-state index contributed by atoms with van der Waals surface area (Å²) in [5, 5.41) is 0. The molecule has 0 bridgehead atoms. The molecule has 4 nitrogen and oxygen atoms in total. The molecule has 0 unspecified atom stereocenters. The first-order chi connectivity index (χ1) is 10.1. The number of carbonyl (C=O) groups is 2. The third kappa shape index (κ3) is 2.56. The number of rotatable bonds is 3. The van der Waals surface area contributed by atoms with Crippen molar-refractivity contribution >= 4 is 23.1 Å². The van der Waals surface area contributed by atoms with Crippen molar-refractivity contribution in [3.8, 4) is 0 Å². The Morgan fingerprint density at radius 1 is 0.905 bits per heavy atom. The molecule has 1 aliphatic heterocycles. The minimum atomic E-state index is -0.282. The van der Waals surface area contributed by atoms with Crippen molar-refractivity contribution < 1.29 is 9.59 Å². The van der Waals surface area contributed by atoms with Crippen LogP contribution in [0.3, 0.4) is 0 Å². The smallest absolute Gasteiger partial charge is 0.261 e. The maximum absolute atomic E-state index is 12.4. The average Bonchev–Trinajstić information content (AvgIpc) is 2.78. The molecule has 0 atom stereocenters. The van der Waals surface area contributed by atoms with E-state index in [2.05, 4.69) is 0 Å². The molecule has 4 heteroatoms. The molecule has 0 spiro atoms. The molecule has 0 aromatic heterocycles. The lowest BCUT2D eigenvalue weighted by Gasteiger charge is -2.15. The van der Waals surface area contributed by atoms with Crippen LogP contribution in [-0.2, 0) is 16.1 Å². The molecule has 3 rings (SSSR count). The van der Waals surface area contributed by atoms with Gasteiger partial charge in [0, 0.05) is 11.8 Å². The van der Waals surface area contributed by atoms with E-state index in [1.54, 1.807) is 12.1 Å². The van der Waals surface area contributed by atoms with Gasteiger partial charge in [0.15, 0.2) is 0 Å². The van der Waals surface area contributed by atoms with Gasteiger partial charge in [-0.3, -0.25) is 14.5 Å².